The van der Waals surface area contributed by atoms with Crippen molar-refractivity contribution in [3.8, 4) is 5.95 Å². The first-order valence-corrected chi connectivity index (χ1v) is 12.4. The van der Waals surface area contributed by atoms with E-state index in [1.165, 1.54) is 0 Å². The van der Waals surface area contributed by atoms with Gasteiger partial charge in [0.05, 0.1) is 0 Å². The van der Waals surface area contributed by atoms with Crippen LogP contribution in [0.4, 0.5) is 0 Å². The van der Waals surface area contributed by atoms with Crippen molar-refractivity contribution in [1.29, 1.82) is 0 Å². The van der Waals surface area contributed by atoms with Gasteiger partial charge in [-0.25, -0.2) is 0 Å². The second-order valence-corrected chi connectivity index (χ2v) is 14.4. The summed E-state index contributed by atoms with van der Waals surface area (Å²) in [6.07, 6.45) is 2.42. The van der Waals surface area contributed by atoms with Crippen molar-refractivity contribution in [2.45, 2.75) is 96.5 Å². The average molecular weight is 396 g/mol. The van der Waals surface area contributed by atoms with Crippen molar-refractivity contribution in [2.24, 2.45) is 0 Å². The molecule has 2 heterocycles. The lowest BCUT2D eigenvalue weighted by Gasteiger charge is -2.41. The summed E-state index contributed by atoms with van der Waals surface area (Å²) in [5.74, 6) is 1.53. The molecule has 0 aliphatic carbocycles. The number of nitrogens with zero attached hydrogens (tertiary/aromatic N) is 1. The summed E-state index contributed by atoms with van der Waals surface area (Å²) >= 11 is 0. The maximum atomic E-state index is 11.9. The van der Waals surface area contributed by atoms with Gasteiger partial charge >= 0.3 is 0 Å². The van der Waals surface area contributed by atoms with E-state index in [1.807, 2.05) is 12.1 Å². The molecule has 1 fully saturated rings. The van der Waals surface area contributed by atoms with E-state index < -0.39 is 14.0 Å². The number of carbonyl (C=O) groups is 1. The summed E-state index contributed by atoms with van der Waals surface area (Å²) in [6, 6.07) is 3.90. The highest BCUT2D eigenvalue weighted by atomic mass is 28.4. The summed E-state index contributed by atoms with van der Waals surface area (Å²) in [5, 5.41) is 10.3. The normalized spacial score (nSPS) is 21.1. The Hall–Kier alpha value is -1.27. The fraction of sp³-hybridized carbons (Fsp3) is 0.762. The van der Waals surface area contributed by atoms with E-state index in [9.17, 15) is 9.90 Å². The van der Waals surface area contributed by atoms with Crippen LogP contribution in [0.15, 0.2) is 16.5 Å². The summed E-state index contributed by atoms with van der Waals surface area (Å²) in [6.45, 7) is 15.8. The second kappa shape index (κ2) is 8.39. The number of aliphatic hydroxyl groups is 1. The van der Waals surface area contributed by atoms with E-state index >= 15 is 0 Å². The van der Waals surface area contributed by atoms with Crippen LogP contribution in [0.3, 0.4) is 0 Å². The van der Waals surface area contributed by atoms with Gasteiger partial charge < -0.3 is 18.8 Å². The summed E-state index contributed by atoms with van der Waals surface area (Å²) in [7, 11) is -2.02. The Morgan fingerprint density at radius 3 is 2.26 bits per heavy atom. The molecule has 1 aliphatic heterocycles. The van der Waals surface area contributed by atoms with E-state index in [1.54, 1.807) is 11.8 Å². The highest BCUT2D eigenvalue weighted by molar-refractivity contribution is 6.78. The molecule has 6 heteroatoms. The maximum absolute atomic E-state index is 11.9. The third-order valence-corrected chi connectivity index (χ3v) is 12.1. The van der Waals surface area contributed by atoms with Crippen molar-refractivity contribution in [3.63, 3.8) is 0 Å². The number of rotatable bonds is 9. The summed E-state index contributed by atoms with van der Waals surface area (Å²) in [4.78, 5) is 13.5. The van der Waals surface area contributed by atoms with Crippen LogP contribution in [0, 0.1) is 0 Å². The number of hydrogen-bond acceptors (Lipinski definition) is 4. The molecule has 1 amide bonds. The predicted octanol–water partition coefficient (Wildman–Crippen LogP) is 5.10. The second-order valence-electron chi connectivity index (χ2n) is 9.01. The molecule has 1 atom stereocenters. The summed E-state index contributed by atoms with van der Waals surface area (Å²) in [5.41, 5.74) is 0.476. The smallest absolute Gasteiger partial charge is 0.270 e. The molecule has 0 aromatic carbocycles. The molecule has 2 rings (SSSR count). The number of likely N-dealkylation sites (tertiary alicyclic amines) is 1. The minimum absolute atomic E-state index is 0.0325. The molecule has 27 heavy (non-hydrogen) atoms. The Morgan fingerprint density at radius 2 is 1.78 bits per heavy atom. The topological polar surface area (TPSA) is 62.9 Å². The third-order valence-electron chi connectivity index (χ3n) is 6.12. The first-order valence-electron chi connectivity index (χ1n) is 10.3. The minimum atomic E-state index is -2.02. The van der Waals surface area contributed by atoms with Crippen molar-refractivity contribution >= 4 is 14.2 Å². The number of amides is 1. The van der Waals surface area contributed by atoms with Crippen LogP contribution in [0.25, 0.3) is 0 Å². The lowest BCUT2D eigenvalue weighted by molar-refractivity contribution is -0.142. The van der Waals surface area contributed by atoms with Gasteiger partial charge in [-0.15, -0.1) is 0 Å². The molecular weight excluding hydrogens is 358 g/mol. The number of hydrogen-bond donors (Lipinski definition) is 1. The van der Waals surface area contributed by atoms with Crippen LogP contribution in [-0.2, 0) is 11.2 Å². The molecule has 1 N–H and O–H groups in total. The third kappa shape index (κ3) is 4.59. The van der Waals surface area contributed by atoms with E-state index in [0.29, 0.717) is 42.0 Å². The van der Waals surface area contributed by atoms with Gasteiger partial charge in [0.15, 0.2) is 0 Å². The molecule has 0 bridgehead atoms. The quantitative estimate of drug-likeness (QED) is 0.591. The monoisotopic (exact) mass is 395 g/mol. The van der Waals surface area contributed by atoms with Crippen LogP contribution < -0.4 is 4.43 Å². The van der Waals surface area contributed by atoms with Crippen molar-refractivity contribution in [3.05, 3.63) is 17.9 Å². The van der Waals surface area contributed by atoms with Crippen molar-refractivity contribution in [1.82, 2.24) is 4.90 Å². The molecular formula is C21H37NO4Si. The van der Waals surface area contributed by atoms with Gasteiger partial charge in [0.2, 0.25) is 5.91 Å². The largest absolute Gasteiger partial charge is 0.518 e. The standard InChI is InChI=1S/C21H37NO4Si/c1-15(2)27(16(3)4,17(5)6)26-20-11-10-18(25-20)9-8-14-22-19(23)12-13-21(22,7)24/h10-11,15-17,24H,8-9,12-14H2,1-7H3. The Kier molecular flexibility index (Phi) is 6.84. The van der Waals surface area contributed by atoms with Gasteiger partial charge in [-0.1, -0.05) is 41.5 Å². The number of furan rings is 1. The molecule has 1 aliphatic rings. The highest BCUT2D eigenvalue weighted by Crippen LogP contribution is 2.43. The molecule has 154 valence electrons. The molecule has 1 saturated heterocycles. The van der Waals surface area contributed by atoms with Gasteiger partial charge in [-0.2, -0.15) is 0 Å². The van der Waals surface area contributed by atoms with Crippen LogP contribution in [-0.4, -0.2) is 36.5 Å². The maximum Gasteiger partial charge on any atom is 0.270 e. The van der Waals surface area contributed by atoms with Crippen molar-refractivity contribution < 1.29 is 18.7 Å². The van der Waals surface area contributed by atoms with Gasteiger partial charge in [-0.05, 0) is 36.0 Å². The molecule has 0 saturated carbocycles. The zero-order chi connectivity index (χ0) is 20.4. The van der Waals surface area contributed by atoms with Crippen molar-refractivity contribution in [2.75, 3.05) is 6.54 Å². The van der Waals surface area contributed by atoms with Gasteiger partial charge in [0.1, 0.15) is 11.5 Å². The van der Waals surface area contributed by atoms with E-state index in [2.05, 4.69) is 41.5 Å². The Morgan fingerprint density at radius 1 is 1.19 bits per heavy atom. The number of carbonyl (C=O) groups excluding carboxylic acids is 1. The average Bonchev–Trinajstić information content (AvgIpc) is 3.10. The zero-order valence-corrected chi connectivity index (χ0v) is 19.0. The molecule has 1 unspecified atom stereocenters. The molecule has 5 nitrogen and oxygen atoms in total. The Bertz CT molecular complexity index is 614. The molecule has 0 spiro atoms. The van der Waals surface area contributed by atoms with Gasteiger partial charge in [0.25, 0.3) is 14.3 Å². The fourth-order valence-corrected chi connectivity index (χ4v) is 9.90. The van der Waals surface area contributed by atoms with Gasteiger partial charge in [0, 0.05) is 31.9 Å². The Balaban J connectivity index is 1.99. The first-order chi connectivity index (χ1) is 12.5. The molecule has 0 radical (unpaired) electrons. The van der Waals surface area contributed by atoms with Gasteiger partial charge in [-0.3, -0.25) is 4.79 Å². The minimum Gasteiger partial charge on any atom is -0.518 e. The Labute approximate surface area is 165 Å². The lowest BCUT2D eigenvalue weighted by atomic mass is 10.2. The van der Waals surface area contributed by atoms with E-state index in [0.717, 1.165) is 18.6 Å². The molecule has 1 aromatic rings. The summed E-state index contributed by atoms with van der Waals surface area (Å²) < 4.78 is 12.5. The first kappa shape index (κ1) is 22.0. The predicted molar refractivity (Wildman–Crippen MR) is 110 cm³/mol. The highest BCUT2D eigenvalue weighted by Gasteiger charge is 2.47. The van der Waals surface area contributed by atoms with E-state index in [4.69, 9.17) is 8.84 Å². The van der Waals surface area contributed by atoms with Crippen LogP contribution in [0.5, 0.6) is 5.95 Å². The van der Waals surface area contributed by atoms with Crippen LogP contribution in [0.1, 0.15) is 73.5 Å². The lowest BCUT2D eigenvalue weighted by Crippen LogP contribution is -2.50. The SMILES string of the molecule is CC(C)[Si](Oc1ccc(CCCN2C(=O)CCC2(C)O)o1)(C(C)C)C(C)C. The number of aryl methyl sites for hydroxylation is 1. The molecule has 1 aromatic heterocycles. The van der Waals surface area contributed by atoms with Crippen LogP contribution in [0.2, 0.25) is 16.6 Å². The van der Waals surface area contributed by atoms with E-state index in [-0.39, 0.29) is 5.91 Å². The fourth-order valence-electron chi connectivity index (χ4n) is 4.73. The van der Waals surface area contributed by atoms with Crippen LogP contribution >= 0.6 is 0 Å². The zero-order valence-electron chi connectivity index (χ0n) is 18.0.